The zero-order chi connectivity index (χ0) is 14.8. The van der Waals surface area contributed by atoms with Gasteiger partial charge in [-0.1, -0.05) is 0 Å². The van der Waals surface area contributed by atoms with E-state index in [4.69, 9.17) is 4.74 Å². The summed E-state index contributed by atoms with van der Waals surface area (Å²) in [6.45, 7) is 6.63. The fourth-order valence-electron chi connectivity index (χ4n) is 2.49. The highest BCUT2D eigenvalue weighted by Gasteiger charge is 2.32. The van der Waals surface area contributed by atoms with Gasteiger partial charge in [0.1, 0.15) is 4.90 Å². The third-order valence-electron chi connectivity index (χ3n) is 3.57. The Balaban J connectivity index is 2.33. The summed E-state index contributed by atoms with van der Waals surface area (Å²) >= 11 is 0. The second kappa shape index (κ2) is 6.26. The standard InChI is InChI=1S/C13H23N3O3S/c1-4-15-9-13(7-12(15)8-14-3)20(17,18)16-5-6-19-10-11(16)2/h7,9,11,14H,4-6,8,10H2,1-3H3. The number of rotatable bonds is 5. The van der Waals surface area contributed by atoms with E-state index in [0.29, 0.717) is 31.2 Å². The number of morpholine rings is 1. The van der Waals surface area contributed by atoms with Crippen molar-refractivity contribution in [2.24, 2.45) is 0 Å². The molecule has 0 saturated carbocycles. The number of ether oxygens (including phenoxy) is 1. The highest BCUT2D eigenvalue weighted by Crippen LogP contribution is 2.22. The SMILES string of the molecule is CCn1cc(S(=O)(=O)N2CCOCC2C)cc1CNC. The van der Waals surface area contributed by atoms with Crippen LogP contribution < -0.4 is 5.32 Å². The van der Waals surface area contributed by atoms with Gasteiger partial charge in [0.25, 0.3) is 0 Å². The summed E-state index contributed by atoms with van der Waals surface area (Å²) in [7, 11) is -1.58. The minimum Gasteiger partial charge on any atom is -0.378 e. The van der Waals surface area contributed by atoms with Gasteiger partial charge >= 0.3 is 0 Å². The quantitative estimate of drug-likeness (QED) is 0.867. The van der Waals surface area contributed by atoms with Crippen molar-refractivity contribution in [2.75, 3.05) is 26.8 Å². The molecule has 1 fully saturated rings. The molecule has 1 N–H and O–H groups in total. The average molecular weight is 301 g/mol. The molecule has 6 nitrogen and oxygen atoms in total. The van der Waals surface area contributed by atoms with E-state index in [0.717, 1.165) is 12.2 Å². The van der Waals surface area contributed by atoms with Crippen LogP contribution in [0.3, 0.4) is 0 Å². The van der Waals surface area contributed by atoms with E-state index in [1.165, 1.54) is 4.31 Å². The molecule has 1 unspecified atom stereocenters. The summed E-state index contributed by atoms with van der Waals surface area (Å²) in [4.78, 5) is 0.373. The predicted molar refractivity (Wildman–Crippen MR) is 77.0 cm³/mol. The van der Waals surface area contributed by atoms with E-state index in [1.807, 2.05) is 25.5 Å². The Morgan fingerprint density at radius 3 is 2.85 bits per heavy atom. The van der Waals surface area contributed by atoms with Crippen LogP contribution >= 0.6 is 0 Å². The number of nitrogens with zero attached hydrogens (tertiary/aromatic N) is 2. The summed E-state index contributed by atoms with van der Waals surface area (Å²) in [6.07, 6.45) is 1.73. The van der Waals surface area contributed by atoms with Crippen molar-refractivity contribution in [3.05, 3.63) is 18.0 Å². The summed E-state index contributed by atoms with van der Waals surface area (Å²) in [5.74, 6) is 0. The molecule has 1 aliphatic heterocycles. The predicted octanol–water partition coefficient (Wildman–Crippen LogP) is 0.637. The molecule has 114 valence electrons. The van der Waals surface area contributed by atoms with Crippen molar-refractivity contribution in [2.45, 2.75) is 37.9 Å². The summed E-state index contributed by atoms with van der Waals surface area (Å²) in [5, 5.41) is 3.06. The molecule has 0 spiro atoms. The van der Waals surface area contributed by atoms with Gasteiger partial charge in [-0.2, -0.15) is 4.31 Å². The molecule has 1 aromatic rings. The fraction of sp³-hybridized carbons (Fsp3) is 0.692. The number of aryl methyl sites for hydroxylation is 1. The van der Waals surface area contributed by atoms with Crippen LogP contribution in [0.1, 0.15) is 19.5 Å². The molecule has 0 radical (unpaired) electrons. The first-order chi connectivity index (χ1) is 9.50. The largest absolute Gasteiger partial charge is 0.378 e. The van der Waals surface area contributed by atoms with Gasteiger partial charge in [-0.15, -0.1) is 0 Å². The van der Waals surface area contributed by atoms with Gasteiger partial charge in [0.05, 0.1) is 13.2 Å². The minimum atomic E-state index is -3.44. The summed E-state index contributed by atoms with van der Waals surface area (Å²) in [5.41, 5.74) is 0.981. The zero-order valence-electron chi connectivity index (χ0n) is 12.3. The maximum absolute atomic E-state index is 12.7. The van der Waals surface area contributed by atoms with E-state index in [-0.39, 0.29) is 6.04 Å². The lowest BCUT2D eigenvalue weighted by Gasteiger charge is -2.31. The third-order valence-corrected chi connectivity index (χ3v) is 5.55. The zero-order valence-corrected chi connectivity index (χ0v) is 13.1. The van der Waals surface area contributed by atoms with E-state index >= 15 is 0 Å². The molecule has 7 heteroatoms. The van der Waals surface area contributed by atoms with E-state index in [2.05, 4.69) is 5.32 Å². The van der Waals surface area contributed by atoms with Crippen LogP contribution in [0.4, 0.5) is 0 Å². The van der Waals surface area contributed by atoms with Gasteiger partial charge in [-0.05, 0) is 27.0 Å². The molecule has 1 atom stereocenters. The van der Waals surface area contributed by atoms with Crippen LogP contribution in [0, 0.1) is 0 Å². The number of sulfonamides is 1. The minimum absolute atomic E-state index is 0.119. The van der Waals surface area contributed by atoms with Crippen LogP contribution in [-0.4, -0.2) is 50.1 Å². The lowest BCUT2D eigenvalue weighted by Crippen LogP contribution is -2.46. The lowest BCUT2D eigenvalue weighted by molar-refractivity contribution is 0.0393. The normalized spacial score (nSPS) is 21.2. The van der Waals surface area contributed by atoms with Crippen LogP contribution in [0.5, 0.6) is 0 Å². The molecule has 0 bridgehead atoms. The molecule has 0 aliphatic carbocycles. The first-order valence-corrected chi connectivity index (χ1v) is 8.38. The Morgan fingerprint density at radius 2 is 2.25 bits per heavy atom. The van der Waals surface area contributed by atoms with E-state index in [1.54, 1.807) is 12.3 Å². The fourth-order valence-corrected chi connectivity index (χ4v) is 4.16. The highest BCUT2D eigenvalue weighted by molar-refractivity contribution is 7.89. The Bertz CT molecular complexity index is 553. The Hall–Kier alpha value is -0.890. The molecule has 1 aromatic heterocycles. The van der Waals surface area contributed by atoms with Gasteiger partial charge in [-0.25, -0.2) is 8.42 Å². The first-order valence-electron chi connectivity index (χ1n) is 6.94. The maximum atomic E-state index is 12.7. The number of hydrogen-bond donors (Lipinski definition) is 1. The monoisotopic (exact) mass is 301 g/mol. The second-order valence-electron chi connectivity index (χ2n) is 5.02. The van der Waals surface area contributed by atoms with E-state index in [9.17, 15) is 8.42 Å². The molecule has 2 heterocycles. The average Bonchev–Trinajstić information content (AvgIpc) is 2.83. The Labute approximate surface area is 120 Å². The third kappa shape index (κ3) is 2.90. The van der Waals surface area contributed by atoms with Gasteiger partial charge in [-0.3, -0.25) is 0 Å². The molecule has 1 aliphatic rings. The number of nitrogens with one attached hydrogen (secondary N) is 1. The smallest absolute Gasteiger partial charge is 0.244 e. The summed E-state index contributed by atoms with van der Waals surface area (Å²) < 4.78 is 34.3. The molecule has 0 amide bonds. The van der Waals surface area contributed by atoms with Gasteiger partial charge < -0.3 is 14.6 Å². The van der Waals surface area contributed by atoms with Crippen LogP contribution in [0.2, 0.25) is 0 Å². The number of hydrogen-bond acceptors (Lipinski definition) is 4. The first kappa shape index (κ1) is 15.5. The molecule has 20 heavy (non-hydrogen) atoms. The molecule has 1 saturated heterocycles. The van der Waals surface area contributed by atoms with Crippen molar-refractivity contribution < 1.29 is 13.2 Å². The molecular formula is C13H23N3O3S. The number of aromatic nitrogens is 1. The highest BCUT2D eigenvalue weighted by atomic mass is 32.2. The van der Waals surface area contributed by atoms with Crippen LogP contribution in [-0.2, 0) is 27.8 Å². The van der Waals surface area contributed by atoms with Crippen molar-refractivity contribution in [3.8, 4) is 0 Å². The Kier molecular flexibility index (Phi) is 4.85. The van der Waals surface area contributed by atoms with Crippen LogP contribution in [0.25, 0.3) is 0 Å². The van der Waals surface area contributed by atoms with Crippen molar-refractivity contribution >= 4 is 10.0 Å². The van der Waals surface area contributed by atoms with Crippen molar-refractivity contribution in [3.63, 3.8) is 0 Å². The maximum Gasteiger partial charge on any atom is 0.244 e. The second-order valence-corrected chi connectivity index (χ2v) is 6.91. The van der Waals surface area contributed by atoms with E-state index < -0.39 is 10.0 Å². The van der Waals surface area contributed by atoms with Crippen molar-refractivity contribution in [1.82, 2.24) is 14.2 Å². The van der Waals surface area contributed by atoms with Gasteiger partial charge in [0.2, 0.25) is 10.0 Å². The summed E-state index contributed by atoms with van der Waals surface area (Å²) in [6, 6.07) is 1.64. The lowest BCUT2D eigenvalue weighted by atomic mass is 10.3. The van der Waals surface area contributed by atoms with Crippen molar-refractivity contribution in [1.29, 1.82) is 0 Å². The topological polar surface area (TPSA) is 63.6 Å². The molecule has 0 aromatic carbocycles. The molecule has 2 rings (SSSR count). The van der Waals surface area contributed by atoms with Gasteiger partial charge in [0, 0.05) is 37.6 Å². The molecular weight excluding hydrogens is 278 g/mol. The Morgan fingerprint density at radius 1 is 1.50 bits per heavy atom. The van der Waals surface area contributed by atoms with Crippen LogP contribution in [0.15, 0.2) is 17.2 Å². The van der Waals surface area contributed by atoms with Gasteiger partial charge in [0.15, 0.2) is 0 Å².